The van der Waals surface area contributed by atoms with Crippen molar-refractivity contribution < 1.29 is 9.13 Å². The van der Waals surface area contributed by atoms with Gasteiger partial charge in [0.2, 0.25) is 0 Å². The minimum atomic E-state index is -0.298. The standard InChI is InChI=1S/C24H40FN5O/c1-5-26-24(27-16-18(3)30-13-11-29(6-2)12-14-30)28-19(4)21-9-10-23(22(25)15-21)31-17-20-7-8-20/h9-10,15,18-20H,5-8,11-14,16-17H2,1-4H3,(H2,26,27,28). The van der Waals surface area contributed by atoms with Crippen molar-refractivity contribution in [3.8, 4) is 5.75 Å². The summed E-state index contributed by atoms with van der Waals surface area (Å²) >= 11 is 0. The summed E-state index contributed by atoms with van der Waals surface area (Å²) in [6.07, 6.45) is 2.39. The number of piperazine rings is 1. The van der Waals surface area contributed by atoms with Crippen LogP contribution in [0.3, 0.4) is 0 Å². The normalized spacial score (nSPS) is 20.4. The fraction of sp³-hybridized carbons (Fsp3) is 0.708. The first-order chi connectivity index (χ1) is 15.0. The van der Waals surface area contributed by atoms with Crippen LogP contribution in [-0.2, 0) is 0 Å². The summed E-state index contributed by atoms with van der Waals surface area (Å²) in [5, 5.41) is 6.74. The van der Waals surface area contributed by atoms with Crippen LogP contribution in [-0.4, -0.2) is 74.2 Å². The number of rotatable bonds is 10. The van der Waals surface area contributed by atoms with E-state index in [0.29, 0.717) is 24.3 Å². The molecular formula is C24H40FN5O. The van der Waals surface area contributed by atoms with Crippen LogP contribution in [0, 0.1) is 11.7 Å². The summed E-state index contributed by atoms with van der Waals surface area (Å²) in [5.74, 6) is 1.42. The fourth-order valence-corrected chi connectivity index (χ4v) is 3.86. The van der Waals surface area contributed by atoms with Crippen molar-refractivity contribution in [1.82, 2.24) is 20.4 Å². The molecule has 1 aromatic carbocycles. The maximum Gasteiger partial charge on any atom is 0.191 e. The second-order valence-electron chi connectivity index (χ2n) is 8.85. The highest BCUT2D eigenvalue weighted by atomic mass is 19.1. The van der Waals surface area contributed by atoms with Gasteiger partial charge >= 0.3 is 0 Å². The number of nitrogens with zero attached hydrogens (tertiary/aromatic N) is 3. The highest BCUT2D eigenvalue weighted by Crippen LogP contribution is 2.30. The summed E-state index contributed by atoms with van der Waals surface area (Å²) in [4.78, 5) is 9.81. The molecule has 2 unspecified atom stereocenters. The zero-order valence-corrected chi connectivity index (χ0v) is 19.7. The highest BCUT2D eigenvalue weighted by molar-refractivity contribution is 5.80. The summed E-state index contributed by atoms with van der Waals surface area (Å²) in [7, 11) is 0. The van der Waals surface area contributed by atoms with Crippen LogP contribution < -0.4 is 15.4 Å². The molecule has 2 fully saturated rings. The Morgan fingerprint density at radius 2 is 1.94 bits per heavy atom. The lowest BCUT2D eigenvalue weighted by Crippen LogP contribution is -2.50. The molecule has 1 saturated carbocycles. The van der Waals surface area contributed by atoms with Gasteiger partial charge in [0.05, 0.1) is 19.2 Å². The van der Waals surface area contributed by atoms with Crippen molar-refractivity contribution in [3.05, 3.63) is 29.6 Å². The van der Waals surface area contributed by atoms with Gasteiger partial charge in [0.1, 0.15) is 0 Å². The topological polar surface area (TPSA) is 52.1 Å². The van der Waals surface area contributed by atoms with E-state index in [9.17, 15) is 4.39 Å². The summed E-state index contributed by atoms with van der Waals surface area (Å²) in [6, 6.07) is 5.58. The van der Waals surface area contributed by atoms with Crippen LogP contribution in [0.2, 0.25) is 0 Å². The lowest BCUT2D eigenvalue weighted by molar-refractivity contribution is 0.109. The maximum atomic E-state index is 14.5. The zero-order valence-electron chi connectivity index (χ0n) is 19.7. The van der Waals surface area contributed by atoms with E-state index < -0.39 is 0 Å². The second kappa shape index (κ2) is 11.7. The molecule has 0 bridgehead atoms. The van der Waals surface area contributed by atoms with Gasteiger partial charge in [0.25, 0.3) is 0 Å². The molecule has 0 spiro atoms. The van der Waals surface area contributed by atoms with Crippen LogP contribution in [0.25, 0.3) is 0 Å². The number of halogens is 1. The molecule has 3 rings (SSSR count). The summed E-state index contributed by atoms with van der Waals surface area (Å²) < 4.78 is 20.1. The fourth-order valence-electron chi connectivity index (χ4n) is 3.86. The van der Waals surface area contributed by atoms with E-state index in [-0.39, 0.29) is 11.9 Å². The third kappa shape index (κ3) is 7.35. The Balaban J connectivity index is 1.53. The number of hydrogen-bond acceptors (Lipinski definition) is 4. The Kier molecular flexibility index (Phi) is 8.96. The lowest BCUT2D eigenvalue weighted by atomic mass is 10.1. The van der Waals surface area contributed by atoms with Crippen molar-refractivity contribution >= 4 is 5.96 Å². The Bertz CT molecular complexity index is 716. The number of hydrogen-bond donors (Lipinski definition) is 2. The van der Waals surface area contributed by atoms with E-state index in [1.54, 1.807) is 12.1 Å². The first kappa shape index (κ1) is 23.8. The van der Waals surface area contributed by atoms with Gasteiger partial charge in [-0.1, -0.05) is 13.0 Å². The molecular weight excluding hydrogens is 393 g/mol. The molecule has 1 aliphatic heterocycles. The molecule has 1 aliphatic carbocycles. The Morgan fingerprint density at radius 3 is 2.55 bits per heavy atom. The average molecular weight is 434 g/mol. The Hall–Kier alpha value is -1.86. The van der Waals surface area contributed by atoms with Gasteiger partial charge < -0.3 is 20.3 Å². The van der Waals surface area contributed by atoms with E-state index in [1.807, 2.05) is 13.0 Å². The van der Waals surface area contributed by atoms with E-state index in [0.717, 1.165) is 57.3 Å². The monoisotopic (exact) mass is 433 g/mol. The molecule has 174 valence electrons. The number of likely N-dealkylation sites (N-methyl/N-ethyl adjacent to an activating group) is 1. The predicted molar refractivity (Wildman–Crippen MR) is 125 cm³/mol. The van der Waals surface area contributed by atoms with Gasteiger partial charge in [0.15, 0.2) is 17.5 Å². The molecule has 0 aromatic heterocycles. The van der Waals surface area contributed by atoms with Gasteiger partial charge in [0, 0.05) is 38.8 Å². The molecule has 1 saturated heterocycles. The first-order valence-electron chi connectivity index (χ1n) is 11.9. The van der Waals surface area contributed by atoms with E-state index in [2.05, 4.69) is 41.2 Å². The SMILES string of the molecule is CCNC(=NCC(C)N1CCN(CC)CC1)NC(C)c1ccc(OCC2CC2)c(F)c1. The first-order valence-corrected chi connectivity index (χ1v) is 11.9. The van der Waals surface area contributed by atoms with Gasteiger partial charge in [-0.3, -0.25) is 9.89 Å². The second-order valence-corrected chi connectivity index (χ2v) is 8.85. The third-order valence-corrected chi connectivity index (χ3v) is 6.32. The van der Waals surface area contributed by atoms with Crippen molar-refractivity contribution in [3.63, 3.8) is 0 Å². The molecule has 31 heavy (non-hydrogen) atoms. The smallest absolute Gasteiger partial charge is 0.191 e. The quantitative estimate of drug-likeness (QED) is 0.438. The number of nitrogens with one attached hydrogen (secondary N) is 2. The Morgan fingerprint density at radius 1 is 1.19 bits per heavy atom. The largest absolute Gasteiger partial charge is 0.490 e. The lowest BCUT2D eigenvalue weighted by Gasteiger charge is -2.37. The van der Waals surface area contributed by atoms with Gasteiger partial charge in [-0.15, -0.1) is 0 Å². The predicted octanol–water partition coefficient (Wildman–Crippen LogP) is 3.26. The van der Waals surface area contributed by atoms with Crippen molar-refractivity contribution in [2.75, 3.05) is 52.4 Å². The van der Waals surface area contributed by atoms with E-state index >= 15 is 0 Å². The van der Waals surface area contributed by atoms with E-state index in [4.69, 9.17) is 9.73 Å². The third-order valence-electron chi connectivity index (χ3n) is 6.32. The number of ether oxygens (including phenoxy) is 1. The maximum absolute atomic E-state index is 14.5. The number of benzene rings is 1. The van der Waals surface area contributed by atoms with Crippen LogP contribution in [0.15, 0.2) is 23.2 Å². The number of guanidine groups is 1. The molecule has 0 radical (unpaired) electrons. The minimum Gasteiger partial charge on any atom is -0.490 e. The molecule has 2 atom stereocenters. The molecule has 2 N–H and O–H groups in total. The molecule has 1 aromatic rings. The van der Waals surface area contributed by atoms with Crippen LogP contribution >= 0.6 is 0 Å². The average Bonchev–Trinajstić information content (AvgIpc) is 3.61. The van der Waals surface area contributed by atoms with Crippen LogP contribution in [0.5, 0.6) is 5.75 Å². The molecule has 2 aliphatic rings. The van der Waals surface area contributed by atoms with Crippen molar-refractivity contribution in [2.45, 2.75) is 52.6 Å². The van der Waals surface area contributed by atoms with Crippen molar-refractivity contribution in [1.29, 1.82) is 0 Å². The van der Waals surface area contributed by atoms with Gasteiger partial charge in [-0.05, 0) is 63.8 Å². The number of aliphatic imine (C=N–C) groups is 1. The van der Waals surface area contributed by atoms with Gasteiger partial charge in [-0.25, -0.2) is 4.39 Å². The Labute approximate surface area is 187 Å². The molecule has 0 amide bonds. The van der Waals surface area contributed by atoms with Crippen LogP contribution in [0.4, 0.5) is 4.39 Å². The summed E-state index contributed by atoms with van der Waals surface area (Å²) in [6.45, 7) is 16.3. The summed E-state index contributed by atoms with van der Waals surface area (Å²) in [5.41, 5.74) is 0.880. The molecule has 1 heterocycles. The van der Waals surface area contributed by atoms with Crippen LogP contribution in [0.1, 0.15) is 52.1 Å². The highest BCUT2D eigenvalue weighted by Gasteiger charge is 2.23. The zero-order chi connectivity index (χ0) is 22.2. The molecule has 6 nitrogen and oxygen atoms in total. The van der Waals surface area contributed by atoms with E-state index in [1.165, 1.54) is 12.8 Å². The van der Waals surface area contributed by atoms with Crippen molar-refractivity contribution in [2.24, 2.45) is 10.9 Å². The molecule has 7 heteroatoms. The van der Waals surface area contributed by atoms with Gasteiger partial charge in [-0.2, -0.15) is 0 Å². The minimum absolute atomic E-state index is 0.0619.